The number of aryl methyl sites for hydroxylation is 4. The summed E-state index contributed by atoms with van der Waals surface area (Å²) in [6.45, 7) is 7.65. The monoisotopic (exact) mass is 1030 g/mol. The molecule has 1 aliphatic heterocycles. The van der Waals surface area contributed by atoms with Crippen LogP contribution in [0.4, 0.5) is 23.3 Å². The van der Waals surface area contributed by atoms with Crippen molar-refractivity contribution in [1.29, 1.82) is 0 Å². The van der Waals surface area contributed by atoms with E-state index in [0.29, 0.717) is 100 Å². The highest BCUT2D eigenvalue weighted by molar-refractivity contribution is 5.98. The summed E-state index contributed by atoms with van der Waals surface area (Å²) >= 11 is 0. The van der Waals surface area contributed by atoms with Crippen LogP contribution in [0.25, 0.3) is 22.8 Å². The number of fused-ring (bicyclic) bond motifs is 6. The van der Waals surface area contributed by atoms with Gasteiger partial charge in [-0.15, -0.1) is 0 Å². The van der Waals surface area contributed by atoms with E-state index in [1.54, 1.807) is 44.6 Å². The number of carboxylic acids is 1. The minimum absolute atomic E-state index is 0.0000926. The standard InChI is InChI=1S/C36H42N6O4.C20H18N4O6/c1-6-22-9-8-10-23(7-2)28(22)20-30(43)34-27-13-11-25-21-37-36(39-32(25)33(27)40-46-34)38-29-14-12-24(19-31(29)45-5)35(44)42-17-15-26(16-18-42)41(3)4;1-3-29-19(27)17-12-6-4-11-9-21-20(23-15(11)16(12)24-30-17)22-13-7-5-10(18(25)26)8-14(13)28-2/h8-10,12,14,19,21,26H,6-7,11,13,15-18,20H2,1-5H3,(H,37,38,39);5,7-9H,3-4,6H2,1-2H3,(H,25,26)(H,21,22,23). The fourth-order valence-corrected chi connectivity index (χ4v) is 9.94. The summed E-state index contributed by atoms with van der Waals surface area (Å²) in [6, 6.07) is 16.6. The number of Topliss-reactive ketones (excluding diaryl/α,β-unsaturated/α-hetero) is 1. The second-order valence-corrected chi connectivity index (χ2v) is 18.8. The number of carboxylic acid groups (broad SMARTS) is 1. The zero-order valence-corrected chi connectivity index (χ0v) is 43.6. The number of hydrogen-bond acceptors (Lipinski definition) is 18. The first-order chi connectivity index (χ1) is 36.8. The highest BCUT2D eigenvalue weighted by Crippen LogP contribution is 2.38. The van der Waals surface area contributed by atoms with E-state index in [1.807, 2.05) is 11.0 Å². The predicted molar refractivity (Wildman–Crippen MR) is 281 cm³/mol. The van der Waals surface area contributed by atoms with Crippen LogP contribution in [0.5, 0.6) is 11.5 Å². The van der Waals surface area contributed by atoms with Crippen LogP contribution in [-0.2, 0) is 49.7 Å². The topological polar surface area (TPSA) is 250 Å². The molecule has 0 atom stereocenters. The van der Waals surface area contributed by atoms with Gasteiger partial charge < -0.3 is 48.8 Å². The molecule has 0 radical (unpaired) electrons. The van der Waals surface area contributed by atoms with Crippen LogP contribution in [0.3, 0.4) is 0 Å². The molecule has 7 aromatic rings. The number of rotatable bonds is 16. The van der Waals surface area contributed by atoms with Crippen molar-refractivity contribution in [3.63, 3.8) is 0 Å². The van der Waals surface area contributed by atoms with Crippen molar-refractivity contribution in [3.8, 4) is 34.3 Å². The number of nitrogens with one attached hydrogen (secondary N) is 2. The highest BCUT2D eigenvalue weighted by atomic mass is 16.6. The van der Waals surface area contributed by atoms with Crippen LogP contribution < -0.4 is 20.1 Å². The maximum atomic E-state index is 13.6. The molecule has 3 aliphatic rings. The molecule has 20 heteroatoms. The zero-order valence-electron chi connectivity index (χ0n) is 43.6. The van der Waals surface area contributed by atoms with Crippen LogP contribution in [0.15, 0.2) is 76.0 Å². The van der Waals surface area contributed by atoms with E-state index in [1.165, 1.54) is 30.4 Å². The first-order valence-electron chi connectivity index (χ1n) is 25.4. The van der Waals surface area contributed by atoms with Gasteiger partial charge in [0.1, 0.15) is 34.3 Å². The van der Waals surface area contributed by atoms with Gasteiger partial charge in [-0.05, 0) is 137 Å². The largest absolute Gasteiger partial charge is 0.495 e. The van der Waals surface area contributed by atoms with Crippen LogP contribution in [0.1, 0.15) is 114 Å². The minimum atomic E-state index is -1.05. The van der Waals surface area contributed by atoms with Gasteiger partial charge in [-0.3, -0.25) is 9.59 Å². The molecule has 0 saturated carbocycles. The third-order valence-electron chi connectivity index (χ3n) is 14.1. The van der Waals surface area contributed by atoms with Crippen molar-refractivity contribution in [3.05, 3.63) is 129 Å². The number of carbonyl (C=O) groups is 4. The molecule has 0 unspecified atom stereocenters. The van der Waals surface area contributed by atoms with Crippen LogP contribution in [-0.4, -0.2) is 123 Å². The maximum absolute atomic E-state index is 13.6. The van der Waals surface area contributed by atoms with Gasteiger partial charge in [-0.1, -0.05) is 42.4 Å². The second-order valence-electron chi connectivity index (χ2n) is 18.8. The number of anilines is 4. The van der Waals surface area contributed by atoms with E-state index < -0.39 is 11.9 Å². The van der Waals surface area contributed by atoms with Crippen molar-refractivity contribution in [1.82, 2.24) is 40.0 Å². The van der Waals surface area contributed by atoms with Gasteiger partial charge in [0, 0.05) is 54.6 Å². The Kier molecular flexibility index (Phi) is 15.8. The maximum Gasteiger partial charge on any atom is 0.377 e. The number of methoxy groups -OCH3 is 2. The highest BCUT2D eigenvalue weighted by Gasteiger charge is 2.32. The molecule has 2 aliphatic carbocycles. The van der Waals surface area contributed by atoms with Crippen molar-refractivity contribution in [2.75, 3.05) is 58.6 Å². The number of ketones is 1. The van der Waals surface area contributed by atoms with E-state index in [0.717, 1.165) is 61.0 Å². The van der Waals surface area contributed by atoms with Crippen molar-refractivity contribution < 1.29 is 47.5 Å². The number of ether oxygens (including phenoxy) is 3. The Balaban J connectivity index is 0.000000203. The molecule has 3 aromatic carbocycles. The Labute approximate surface area is 439 Å². The lowest BCUT2D eigenvalue weighted by Crippen LogP contribution is -2.44. The summed E-state index contributed by atoms with van der Waals surface area (Å²) in [4.78, 5) is 72.4. The molecule has 3 N–H and O–H groups in total. The Morgan fingerprint density at radius 1 is 0.711 bits per heavy atom. The number of amides is 1. The molecule has 76 heavy (non-hydrogen) atoms. The van der Waals surface area contributed by atoms with Crippen molar-refractivity contribution in [2.45, 2.75) is 84.6 Å². The molecule has 1 amide bonds. The molecular formula is C56H60N10O10. The van der Waals surface area contributed by atoms with Crippen LogP contribution in [0, 0.1) is 0 Å². The summed E-state index contributed by atoms with van der Waals surface area (Å²) in [5, 5.41) is 23.8. The average molecular weight is 1030 g/mol. The van der Waals surface area contributed by atoms with Gasteiger partial charge in [-0.2, -0.15) is 0 Å². The number of hydrogen-bond donors (Lipinski definition) is 3. The third-order valence-corrected chi connectivity index (χ3v) is 14.1. The van der Waals surface area contributed by atoms with E-state index >= 15 is 0 Å². The van der Waals surface area contributed by atoms with Gasteiger partial charge in [-0.25, -0.2) is 29.5 Å². The molecular weight excluding hydrogens is 973 g/mol. The van der Waals surface area contributed by atoms with Crippen LogP contribution in [0.2, 0.25) is 0 Å². The summed E-state index contributed by atoms with van der Waals surface area (Å²) in [7, 11) is 7.20. The molecule has 4 aromatic heterocycles. The summed E-state index contributed by atoms with van der Waals surface area (Å²) < 4.78 is 26.9. The molecule has 20 nitrogen and oxygen atoms in total. The summed E-state index contributed by atoms with van der Waals surface area (Å²) in [6.07, 6.45) is 9.92. The number of piperidine rings is 1. The number of esters is 1. The van der Waals surface area contributed by atoms with E-state index in [-0.39, 0.29) is 42.0 Å². The van der Waals surface area contributed by atoms with Gasteiger partial charge in [0.25, 0.3) is 5.91 Å². The Morgan fingerprint density at radius 3 is 1.75 bits per heavy atom. The first-order valence-corrected chi connectivity index (χ1v) is 25.4. The molecule has 5 heterocycles. The van der Waals surface area contributed by atoms with Crippen LogP contribution >= 0.6 is 0 Å². The predicted octanol–water partition coefficient (Wildman–Crippen LogP) is 8.56. The fourth-order valence-electron chi connectivity index (χ4n) is 9.94. The van der Waals surface area contributed by atoms with Gasteiger partial charge >= 0.3 is 11.9 Å². The van der Waals surface area contributed by atoms with Gasteiger partial charge in [0.15, 0.2) is 0 Å². The number of nitrogens with zero attached hydrogens (tertiary/aromatic N) is 8. The molecule has 1 saturated heterocycles. The first kappa shape index (κ1) is 52.3. The lowest BCUT2D eigenvalue weighted by molar-refractivity contribution is 0.0477. The van der Waals surface area contributed by atoms with Gasteiger partial charge in [0.2, 0.25) is 29.2 Å². The molecule has 0 bridgehead atoms. The normalized spacial score (nSPS) is 13.6. The zero-order chi connectivity index (χ0) is 53.6. The van der Waals surface area contributed by atoms with Crippen molar-refractivity contribution in [2.24, 2.45) is 0 Å². The molecule has 0 spiro atoms. The molecule has 10 rings (SSSR count). The lowest BCUT2D eigenvalue weighted by atomic mass is 9.89. The Morgan fingerprint density at radius 2 is 1.24 bits per heavy atom. The smallest absolute Gasteiger partial charge is 0.377 e. The SMILES string of the molecule is CCOC(=O)c1onc2c1CCc1cnc(Nc3ccc(C(=O)O)cc3OC)nc1-2.CCc1cccc(CC)c1CC(=O)c1onc2c1CCc1cnc(Nc3ccc(C(=O)N4CCC(N(C)C)CC4)cc3OC)nc1-2. The average Bonchev–Trinajstić information content (AvgIpc) is 4.12. The van der Waals surface area contributed by atoms with E-state index in [4.69, 9.17) is 33.3 Å². The number of aromatic carboxylic acids is 1. The number of carbonyl (C=O) groups excluding carboxylic acids is 3. The van der Waals surface area contributed by atoms with E-state index in [9.17, 15) is 19.2 Å². The Hall–Kier alpha value is -8.52. The van der Waals surface area contributed by atoms with Gasteiger partial charge in [0.05, 0.1) is 37.8 Å². The van der Waals surface area contributed by atoms with E-state index in [2.05, 4.69) is 86.9 Å². The molecule has 394 valence electrons. The number of aromatic nitrogens is 6. The summed E-state index contributed by atoms with van der Waals surface area (Å²) in [5.41, 5.74) is 10.8. The number of likely N-dealkylation sites (tertiary alicyclic amines) is 1. The lowest BCUT2D eigenvalue weighted by Gasteiger charge is -2.35. The van der Waals surface area contributed by atoms with Crippen molar-refractivity contribution >= 4 is 46.9 Å². The fraction of sp³-hybridized carbons (Fsp3) is 0.357. The minimum Gasteiger partial charge on any atom is -0.495 e. The number of benzene rings is 3. The quantitative estimate of drug-likeness (QED) is 0.0605. The summed E-state index contributed by atoms with van der Waals surface area (Å²) in [5.74, 6) is 0.213. The second kappa shape index (κ2) is 22.9. The molecule has 1 fully saturated rings. The third kappa shape index (κ3) is 10.8. The Bertz CT molecular complexity index is 3300.